The number of alkyl halides is 3. The van der Waals surface area contributed by atoms with E-state index in [9.17, 15) is 13.2 Å². The van der Waals surface area contributed by atoms with E-state index in [1.807, 2.05) is 4.90 Å². The summed E-state index contributed by atoms with van der Waals surface area (Å²) in [6.07, 6.45) is -4.84. The van der Waals surface area contributed by atoms with E-state index in [0.717, 1.165) is 6.07 Å². The first-order valence-corrected chi connectivity index (χ1v) is 6.18. The topological polar surface area (TPSA) is 49.5 Å². The predicted octanol–water partition coefficient (Wildman–Crippen LogP) is 2.46. The third kappa shape index (κ3) is 3.99. The first-order valence-electron chi connectivity index (χ1n) is 5.80. The van der Waals surface area contributed by atoms with Gasteiger partial charge in [-0.15, -0.1) is 12.4 Å². The number of hydrogen-bond donors (Lipinski definition) is 2. The van der Waals surface area contributed by atoms with Gasteiger partial charge in [-0.2, -0.15) is 13.2 Å². The number of hydrogen-bond acceptors (Lipinski definition) is 3. The molecule has 0 unspecified atom stereocenters. The van der Waals surface area contributed by atoms with Crippen LogP contribution in [0.4, 0.5) is 13.2 Å². The fourth-order valence-electron chi connectivity index (χ4n) is 2.07. The van der Waals surface area contributed by atoms with Gasteiger partial charge in [-0.05, 0) is 17.7 Å². The molecule has 1 aliphatic heterocycles. The molecule has 20 heavy (non-hydrogen) atoms. The highest BCUT2D eigenvalue weighted by Crippen LogP contribution is 2.36. The molecular weight excluding hydrogens is 316 g/mol. The van der Waals surface area contributed by atoms with Crippen molar-refractivity contribution in [3.8, 4) is 0 Å². The van der Waals surface area contributed by atoms with Crippen molar-refractivity contribution in [3.63, 3.8) is 0 Å². The van der Waals surface area contributed by atoms with Gasteiger partial charge in [0.1, 0.15) is 0 Å². The summed E-state index contributed by atoms with van der Waals surface area (Å²) in [5.41, 5.74) is 5.40. The number of benzene rings is 1. The highest BCUT2D eigenvalue weighted by atomic mass is 35.5. The lowest BCUT2D eigenvalue weighted by Crippen LogP contribution is -2.52. The van der Waals surface area contributed by atoms with Crippen molar-refractivity contribution in [2.24, 2.45) is 5.73 Å². The van der Waals surface area contributed by atoms with Crippen molar-refractivity contribution in [2.45, 2.75) is 18.3 Å². The predicted molar refractivity (Wildman–Crippen MR) is 73.1 cm³/mol. The van der Waals surface area contributed by atoms with Gasteiger partial charge in [-0.1, -0.05) is 17.7 Å². The average molecular weight is 331 g/mol. The van der Waals surface area contributed by atoms with E-state index < -0.39 is 17.8 Å². The molecule has 1 aromatic carbocycles. The summed E-state index contributed by atoms with van der Waals surface area (Å²) < 4.78 is 38.1. The summed E-state index contributed by atoms with van der Waals surface area (Å²) in [6, 6.07) is 3.16. The lowest BCUT2D eigenvalue weighted by Gasteiger charge is -2.37. The van der Waals surface area contributed by atoms with Crippen LogP contribution in [0.5, 0.6) is 0 Å². The van der Waals surface area contributed by atoms with Gasteiger partial charge in [-0.3, -0.25) is 4.90 Å². The molecule has 0 aliphatic carbocycles. The van der Waals surface area contributed by atoms with Crippen LogP contribution in [0.15, 0.2) is 18.2 Å². The maximum Gasteiger partial charge on any atom is 0.417 e. The number of likely N-dealkylation sites (tertiary alicyclic amines) is 1. The zero-order valence-electron chi connectivity index (χ0n) is 10.4. The lowest BCUT2D eigenvalue weighted by atomic mass is 10.0. The fraction of sp³-hybridized carbons (Fsp3) is 0.500. The van der Waals surface area contributed by atoms with Crippen LogP contribution < -0.4 is 5.73 Å². The van der Waals surface area contributed by atoms with Crippen LogP contribution in [0.3, 0.4) is 0 Å². The highest BCUT2D eigenvalue weighted by molar-refractivity contribution is 6.31. The first kappa shape index (κ1) is 17.5. The number of aliphatic hydroxyl groups excluding tert-OH is 1. The smallest absolute Gasteiger partial charge is 0.390 e. The number of halogens is 5. The SMILES string of the molecule is Cl.N[C@H](CN1CC(O)C1)c1ccc(Cl)c(C(F)(F)F)c1. The Labute approximate surface area is 125 Å². The van der Waals surface area contributed by atoms with Crippen molar-refractivity contribution in [1.29, 1.82) is 0 Å². The molecule has 1 fully saturated rings. The van der Waals surface area contributed by atoms with E-state index >= 15 is 0 Å². The Morgan fingerprint density at radius 3 is 2.50 bits per heavy atom. The van der Waals surface area contributed by atoms with Gasteiger partial charge >= 0.3 is 6.18 Å². The average Bonchev–Trinajstić information content (AvgIpc) is 2.25. The third-order valence-electron chi connectivity index (χ3n) is 3.12. The summed E-state index contributed by atoms with van der Waals surface area (Å²) in [7, 11) is 0. The molecule has 3 nitrogen and oxygen atoms in total. The zero-order valence-corrected chi connectivity index (χ0v) is 12.0. The fourth-order valence-corrected chi connectivity index (χ4v) is 2.29. The Bertz CT molecular complexity index is 465. The molecule has 1 saturated heterocycles. The second-order valence-electron chi connectivity index (χ2n) is 4.72. The first-order chi connectivity index (χ1) is 8.77. The minimum absolute atomic E-state index is 0. The van der Waals surface area contributed by atoms with Crippen LogP contribution in [-0.4, -0.2) is 35.7 Å². The Kier molecular flexibility index (Phi) is 5.69. The van der Waals surface area contributed by atoms with E-state index in [1.165, 1.54) is 12.1 Å². The van der Waals surface area contributed by atoms with Gasteiger partial charge in [0.2, 0.25) is 0 Å². The minimum Gasteiger partial charge on any atom is -0.390 e. The van der Waals surface area contributed by atoms with Crippen molar-refractivity contribution in [2.75, 3.05) is 19.6 Å². The molecule has 1 heterocycles. The van der Waals surface area contributed by atoms with Crippen LogP contribution in [0, 0.1) is 0 Å². The number of β-amino-alcohol motifs (C(OH)–C–C–N with tert-alkyl or cyclic N) is 1. The van der Waals surface area contributed by atoms with Crippen LogP contribution in [0.25, 0.3) is 0 Å². The van der Waals surface area contributed by atoms with Crippen LogP contribution in [0.2, 0.25) is 5.02 Å². The zero-order chi connectivity index (χ0) is 14.2. The Hall–Kier alpha value is -0.530. The highest BCUT2D eigenvalue weighted by Gasteiger charge is 2.34. The Balaban J connectivity index is 0.00000200. The van der Waals surface area contributed by atoms with Gasteiger partial charge in [0.15, 0.2) is 0 Å². The summed E-state index contributed by atoms with van der Waals surface area (Å²) in [6.45, 7) is 1.43. The quantitative estimate of drug-likeness (QED) is 0.895. The molecule has 0 amide bonds. The maximum atomic E-state index is 12.7. The summed E-state index contributed by atoms with van der Waals surface area (Å²) in [5, 5.41) is 8.81. The van der Waals surface area contributed by atoms with Gasteiger partial charge in [0, 0.05) is 25.7 Å². The second-order valence-corrected chi connectivity index (χ2v) is 5.12. The van der Waals surface area contributed by atoms with Crippen molar-refractivity contribution < 1.29 is 18.3 Å². The molecule has 1 aromatic rings. The molecule has 8 heteroatoms. The van der Waals surface area contributed by atoms with Gasteiger partial charge in [0.05, 0.1) is 16.7 Å². The van der Waals surface area contributed by atoms with E-state index in [-0.39, 0.29) is 23.5 Å². The third-order valence-corrected chi connectivity index (χ3v) is 3.45. The number of aliphatic hydroxyl groups is 1. The molecule has 3 N–H and O–H groups in total. The molecule has 0 radical (unpaired) electrons. The monoisotopic (exact) mass is 330 g/mol. The van der Waals surface area contributed by atoms with E-state index in [2.05, 4.69) is 0 Å². The standard InChI is InChI=1S/C12H14ClF3N2O.ClH/c13-10-2-1-7(3-9(10)12(14,15)16)11(17)6-18-4-8(19)5-18;/h1-3,8,11,19H,4-6,17H2;1H/t11-;/m1./s1. The van der Waals surface area contributed by atoms with E-state index in [1.54, 1.807) is 0 Å². The minimum atomic E-state index is -4.49. The molecule has 0 bridgehead atoms. The molecule has 0 saturated carbocycles. The van der Waals surface area contributed by atoms with Gasteiger partial charge in [-0.25, -0.2) is 0 Å². The van der Waals surface area contributed by atoms with Gasteiger partial charge in [0.25, 0.3) is 0 Å². The summed E-state index contributed by atoms with van der Waals surface area (Å²) in [4.78, 5) is 1.89. The normalized spacial score (nSPS) is 18.3. The Morgan fingerprint density at radius 1 is 1.40 bits per heavy atom. The van der Waals surface area contributed by atoms with Gasteiger partial charge < -0.3 is 10.8 Å². The Morgan fingerprint density at radius 2 is 2.00 bits per heavy atom. The van der Waals surface area contributed by atoms with Crippen LogP contribution >= 0.6 is 24.0 Å². The van der Waals surface area contributed by atoms with Crippen molar-refractivity contribution in [3.05, 3.63) is 34.3 Å². The molecule has 114 valence electrons. The van der Waals surface area contributed by atoms with E-state index in [4.69, 9.17) is 22.4 Å². The number of rotatable bonds is 3. The molecule has 1 aliphatic rings. The largest absolute Gasteiger partial charge is 0.417 e. The molecule has 0 spiro atoms. The molecule has 1 atom stereocenters. The van der Waals surface area contributed by atoms with Crippen LogP contribution in [-0.2, 0) is 6.18 Å². The molecule has 0 aromatic heterocycles. The lowest BCUT2D eigenvalue weighted by molar-refractivity contribution is -0.137. The second kappa shape index (κ2) is 6.49. The molecule has 2 rings (SSSR count). The van der Waals surface area contributed by atoms with Crippen molar-refractivity contribution >= 4 is 24.0 Å². The van der Waals surface area contributed by atoms with Crippen molar-refractivity contribution in [1.82, 2.24) is 4.90 Å². The number of nitrogens with zero attached hydrogens (tertiary/aromatic N) is 1. The maximum absolute atomic E-state index is 12.7. The van der Waals surface area contributed by atoms with Crippen LogP contribution in [0.1, 0.15) is 17.2 Å². The van der Waals surface area contributed by atoms with E-state index in [0.29, 0.717) is 25.2 Å². The number of nitrogens with two attached hydrogens (primary N) is 1. The summed E-state index contributed by atoms with van der Waals surface area (Å²) in [5.74, 6) is 0. The molecular formula is C12H15Cl2F3N2O. The summed E-state index contributed by atoms with van der Waals surface area (Å²) >= 11 is 5.54.